The van der Waals surface area contributed by atoms with Crippen molar-refractivity contribution in [1.29, 1.82) is 0 Å². The predicted octanol–water partition coefficient (Wildman–Crippen LogP) is 5.03. The molecule has 0 aliphatic heterocycles. The highest BCUT2D eigenvalue weighted by Crippen LogP contribution is 2.16. The van der Waals surface area contributed by atoms with Crippen molar-refractivity contribution in [3.05, 3.63) is 0 Å². The maximum atomic E-state index is 12.0. The molecule has 0 aliphatic rings. The van der Waals surface area contributed by atoms with Crippen molar-refractivity contribution < 1.29 is 23.9 Å². The maximum Gasteiger partial charge on any atom is 0.307 e. The van der Waals surface area contributed by atoms with Gasteiger partial charge in [-0.15, -0.1) is 0 Å². The van der Waals surface area contributed by atoms with Gasteiger partial charge in [0.15, 0.2) is 6.10 Å². The van der Waals surface area contributed by atoms with Crippen LogP contribution >= 0.6 is 0 Å². The summed E-state index contributed by atoms with van der Waals surface area (Å²) in [5.74, 6) is -0.326. The van der Waals surface area contributed by atoms with E-state index in [2.05, 4.69) is 13.8 Å². The van der Waals surface area contributed by atoms with Crippen LogP contribution in [-0.2, 0) is 14.3 Å². The fourth-order valence-corrected chi connectivity index (χ4v) is 3.48. The first-order valence-electron chi connectivity index (χ1n) is 10.9. The van der Waals surface area contributed by atoms with Gasteiger partial charge in [-0.2, -0.15) is 0 Å². The Kier molecular flexibility index (Phi) is 14.3. The second kappa shape index (κ2) is 14.9. The first kappa shape index (κ1) is 25.9. The Hall–Kier alpha value is -1.10. The van der Waals surface area contributed by atoms with Gasteiger partial charge >= 0.3 is 11.9 Å². The number of carboxylic acids is 1. The van der Waals surface area contributed by atoms with E-state index in [1.807, 2.05) is 21.1 Å². The number of ether oxygens (including phenoxy) is 1. The lowest BCUT2D eigenvalue weighted by molar-refractivity contribution is -0.873. The zero-order chi connectivity index (χ0) is 20.7. The van der Waals surface area contributed by atoms with Crippen LogP contribution in [0.15, 0.2) is 0 Å². The van der Waals surface area contributed by atoms with Crippen molar-refractivity contribution in [3.8, 4) is 0 Å². The maximum absolute atomic E-state index is 12.0. The number of hydrogen-bond acceptors (Lipinski definition) is 3. The summed E-state index contributed by atoms with van der Waals surface area (Å²) in [4.78, 5) is 22.9. The Bertz CT molecular complexity index is 404. The normalized spacial score (nSPS) is 14.0. The fraction of sp³-hybridized carbons (Fsp3) is 0.909. The van der Waals surface area contributed by atoms with E-state index in [1.54, 1.807) is 0 Å². The zero-order valence-electron chi connectivity index (χ0n) is 18.5. The minimum absolute atomic E-state index is 0.127. The number of hydrogen-bond donors (Lipinski definition) is 1. The molecule has 0 amide bonds. The molecule has 2 unspecified atom stereocenters. The van der Waals surface area contributed by atoms with E-state index in [9.17, 15) is 9.59 Å². The lowest BCUT2D eigenvalue weighted by atomic mass is 9.98. The molecule has 160 valence electrons. The number of carboxylic acid groups (broad SMARTS) is 1. The van der Waals surface area contributed by atoms with Crippen molar-refractivity contribution in [1.82, 2.24) is 0 Å². The largest absolute Gasteiger partial charge is 0.481 e. The van der Waals surface area contributed by atoms with Crippen molar-refractivity contribution in [2.24, 2.45) is 5.92 Å². The van der Waals surface area contributed by atoms with E-state index in [4.69, 9.17) is 9.84 Å². The van der Waals surface area contributed by atoms with Gasteiger partial charge < -0.3 is 14.3 Å². The molecule has 5 heteroatoms. The third kappa shape index (κ3) is 18.0. The molecule has 27 heavy (non-hydrogen) atoms. The molecule has 0 heterocycles. The van der Waals surface area contributed by atoms with E-state index in [1.165, 1.54) is 44.9 Å². The van der Waals surface area contributed by atoms with Gasteiger partial charge in [-0.25, -0.2) is 0 Å². The van der Waals surface area contributed by atoms with E-state index in [0.717, 1.165) is 25.2 Å². The topological polar surface area (TPSA) is 63.6 Å². The minimum atomic E-state index is -0.926. The molecule has 0 spiro atoms. The van der Waals surface area contributed by atoms with Crippen molar-refractivity contribution in [3.63, 3.8) is 0 Å². The van der Waals surface area contributed by atoms with Gasteiger partial charge in [-0.3, -0.25) is 9.59 Å². The number of quaternary nitrogens is 1. The average molecular weight is 387 g/mol. The lowest BCUT2D eigenvalue weighted by Gasteiger charge is -2.28. The predicted molar refractivity (Wildman–Crippen MR) is 111 cm³/mol. The highest BCUT2D eigenvalue weighted by molar-refractivity contribution is 5.71. The second-order valence-electron chi connectivity index (χ2n) is 9.09. The molecule has 0 aromatic rings. The fourth-order valence-electron chi connectivity index (χ4n) is 3.48. The van der Waals surface area contributed by atoms with Crippen LogP contribution < -0.4 is 0 Å². The van der Waals surface area contributed by atoms with Crippen LogP contribution in [0.1, 0.15) is 90.9 Å². The zero-order valence-corrected chi connectivity index (χ0v) is 18.5. The number of carbonyl (C=O) groups excluding carboxylic acids is 1. The Morgan fingerprint density at radius 2 is 1.48 bits per heavy atom. The number of aliphatic carboxylic acids is 1. The van der Waals surface area contributed by atoms with Gasteiger partial charge in [-0.1, -0.05) is 71.6 Å². The van der Waals surface area contributed by atoms with Gasteiger partial charge in [0.2, 0.25) is 0 Å². The average Bonchev–Trinajstić information content (AvgIpc) is 2.51. The molecule has 0 rings (SSSR count). The van der Waals surface area contributed by atoms with Gasteiger partial charge in [0, 0.05) is 6.42 Å². The molecule has 0 aromatic carbocycles. The Labute approximate surface area is 167 Å². The molecule has 0 saturated carbocycles. The number of esters is 1. The summed E-state index contributed by atoms with van der Waals surface area (Å²) in [6, 6.07) is 0. The van der Waals surface area contributed by atoms with Crippen LogP contribution in [0, 0.1) is 5.92 Å². The van der Waals surface area contributed by atoms with E-state index >= 15 is 0 Å². The molecule has 2 atom stereocenters. The number of rotatable bonds is 17. The van der Waals surface area contributed by atoms with Gasteiger partial charge in [0.05, 0.1) is 27.6 Å². The lowest BCUT2D eigenvalue weighted by Crippen LogP contribution is -2.43. The monoisotopic (exact) mass is 386 g/mol. The van der Waals surface area contributed by atoms with Crippen molar-refractivity contribution >= 4 is 11.9 Å². The molecular formula is C22H44NO4+. The van der Waals surface area contributed by atoms with Crippen LogP contribution in [0.25, 0.3) is 0 Å². The van der Waals surface area contributed by atoms with E-state index in [-0.39, 0.29) is 12.4 Å². The van der Waals surface area contributed by atoms with Crippen LogP contribution in [0.4, 0.5) is 0 Å². The molecule has 0 radical (unpaired) electrons. The summed E-state index contributed by atoms with van der Waals surface area (Å²) < 4.78 is 5.98. The number of carbonyl (C=O) groups is 2. The SMILES string of the molecule is CCCC(C)CCCCCCCCCC(=O)OC(CC(=O)O)C[N+](C)(C)C. The summed E-state index contributed by atoms with van der Waals surface area (Å²) in [6.45, 7) is 5.11. The first-order chi connectivity index (χ1) is 12.6. The van der Waals surface area contributed by atoms with E-state index in [0.29, 0.717) is 17.4 Å². The number of likely N-dealkylation sites (N-methyl/N-ethyl adjacent to an activating group) is 1. The highest BCUT2D eigenvalue weighted by Gasteiger charge is 2.24. The van der Waals surface area contributed by atoms with Crippen molar-refractivity contribution in [2.75, 3.05) is 27.7 Å². The molecule has 0 saturated heterocycles. The van der Waals surface area contributed by atoms with Crippen LogP contribution in [0.5, 0.6) is 0 Å². The third-order valence-corrected chi connectivity index (χ3v) is 4.81. The molecule has 1 N–H and O–H groups in total. The minimum Gasteiger partial charge on any atom is -0.481 e. The summed E-state index contributed by atoms with van der Waals surface area (Å²) in [5, 5.41) is 8.99. The summed E-state index contributed by atoms with van der Waals surface area (Å²) >= 11 is 0. The molecule has 0 fully saturated rings. The molecule has 0 aliphatic carbocycles. The van der Waals surface area contributed by atoms with Crippen LogP contribution in [0.2, 0.25) is 0 Å². The van der Waals surface area contributed by atoms with Crippen LogP contribution in [-0.4, -0.2) is 55.3 Å². The van der Waals surface area contributed by atoms with Crippen molar-refractivity contribution in [2.45, 2.75) is 97.0 Å². The van der Waals surface area contributed by atoms with Gasteiger partial charge in [0.1, 0.15) is 6.54 Å². The molecule has 0 aromatic heterocycles. The van der Waals surface area contributed by atoms with Gasteiger partial charge in [0.25, 0.3) is 0 Å². The summed E-state index contributed by atoms with van der Waals surface area (Å²) in [6.07, 6.45) is 11.9. The smallest absolute Gasteiger partial charge is 0.307 e. The Morgan fingerprint density at radius 3 is 2.00 bits per heavy atom. The highest BCUT2D eigenvalue weighted by atomic mass is 16.5. The summed E-state index contributed by atoms with van der Waals surface area (Å²) in [5.41, 5.74) is 0. The summed E-state index contributed by atoms with van der Waals surface area (Å²) in [7, 11) is 5.90. The Morgan fingerprint density at radius 1 is 0.926 bits per heavy atom. The second-order valence-corrected chi connectivity index (χ2v) is 9.09. The standard InChI is InChI=1S/C22H43NO4/c1-6-14-19(2)15-12-10-8-7-9-11-13-16-22(26)27-20(17-21(24)25)18-23(3,4)5/h19-20H,6-18H2,1-5H3/p+1. The quantitative estimate of drug-likeness (QED) is 0.216. The number of unbranched alkanes of at least 4 members (excludes halogenated alkanes) is 6. The molecule has 5 nitrogen and oxygen atoms in total. The number of nitrogens with zero attached hydrogens (tertiary/aromatic N) is 1. The van der Waals surface area contributed by atoms with Crippen LogP contribution in [0.3, 0.4) is 0 Å². The Balaban J connectivity index is 3.75. The molecular weight excluding hydrogens is 342 g/mol. The molecule has 0 bridgehead atoms. The van der Waals surface area contributed by atoms with E-state index < -0.39 is 12.1 Å². The first-order valence-corrected chi connectivity index (χ1v) is 10.9. The van der Waals surface area contributed by atoms with Gasteiger partial charge in [-0.05, 0) is 12.3 Å². The third-order valence-electron chi connectivity index (χ3n) is 4.81.